The van der Waals surface area contributed by atoms with E-state index in [1.54, 1.807) is 0 Å². The average Bonchev–Trinajstić information content (AvgIpc) is 3.84. The minimum atomic E-state index is 0.495. The fourth-order valence-electron chi connectivity index (χ4n) is 6.24. The van der Waals surface area contributed by atoms with Crippen LogP contribution >= 0.6 is 0 Å². The molecule has 7 aromatic rings. The second-order valence-electron chi connectivity index (χ2n) is 12.7. The van der Waals surface area contributed by atoms with E-state index in [4.69, 9.17) is 4.42 Å². The molecule has 0 saturated heterocycles. The van der Waals surface area contributed by atoms with Crippen molar-refractivity contribution in [2.75, 3.05) is 0 Å². The average molecular weight is 633 g/mol. The molecule has 0 N–H and O–H groups in total. The quantitative estimate of drug-likeness (QED) is 0.165. The predicted molar refractivity (Wildman–Crippen MR) is 203 cm³/mol. The third-order valence-corrected chi connectivity index (χ3v) is 9.17. The molecule has 1 aliphatic heterocycles. The molecule has 0 atom stereocenters. The van der Waals surface area contributed by atoms with E-state index >= 15 is 0 Å². The van der Waals surface area contributed by atoms with E-state index in [0.717, 1.165) is 50.4 Å². The smallest absolute Gasteiger partial charge is 0.248 e. The second-order valence-corrected chi connectivity index (χ2v) is 12.7. The molecule has 8 rings (SSSR count). The van der Waals surface area contributed by atoms with Crippen molar-refractivity contribution in [3.05, 3.63) is 162 Å². The van der Waals surface area contributed by atoms with Crippen LogP contribution in [0.3, 0.4) is 0 Å². The van der Waals surface area contributed by atoms with E-state index < -0.39 is 0 Å². The van der Waals surface area contributed by atoms with Gasteiger partial charge in [0.25, 0.3) is 0 Å². The highest BCUT2D eigenvalue weighted by Crippen LogP contribution is 2.30. The van der Waals surface area contributed by atoms with Gasteiger partial charge in [0.05, 0.1) is 11.4 Å². The van der Waals surface area contributed by atoms with Gasteiger partial charge >= 0.3 is 0 Å². The van der Waals surface area contributed by atoms with Crippen molar-refractivity contribution >= 4 is 24.7 Å². The first-order chi connectivity index (χ1) is 24.0. The molecule has 1 aliphatic rings. The molecule has 1 aromatic heterocycles. The third kappa shape index (κ3) is 6.29. The zero-order valence-electron chi connectivity index (χ0n) is 27.7. The maximum Gasteiger partial charge on any atom is 0.248 e. The van der Waals surface area contributed by atoms with Crippen molar-refractivity contribution in [2.45, 2.75) is 20.3 Å². The van der Waals surface area contributed by atoms with E-state index in [2.05, 4.69) is 157 Å². The van der Waals surface area contributed by atoms with Crippen LogP contribution in [0.25, 0.3) is 56.3 Å². The minimum absolute atomic E-state index is 0.495. The molecule has 0 fully saturated rings. The van der Waals surface area contributed by atoms with Gasteiger partial charge < -0.3 is 4.42 Å². The molecule has 0 saturated carbocycles. The predicted octanol–water partition coefficient (Wildman–Crippen LogP) is 8.88. The van der Waals surface area contributed by atoms with E-state index in [1.165, 1.54) is 33.3 Å². The van der Waals surface area contributed by atoms with Crippen LogP contribution in [0.1, 0.15) is 28.7 Å². The van der Waals surface area contributed by atoms with Gasteiger partial charge in [-0.3, -0.25) is 0 Å². The molecule has 5 nitrogen and oxygen atoms in total. The van der Waals surface area contributed by atoms with Gasteiger partial charge in [-0.05, 0) is 82.6 Å². The highest BCUT2D eigenvalue weighted by Gasteiger charge is 2.18. The Morgan fingerprint density at radius 1 is 0.449 bits per heavy atom. The Labute approximate surface area is 287 Å². The summed E-state index contributed by atoms with van der Waals surface area (Å²) in [5.74, 6) is 0.996. The monoisotopic (exact) mass is 632 g/mol. The number of hydrogen-bond donors (Lipinski definition) is 0. The molecule has 234 valence electrons. The lowest BCUT2D eigenvalue weighted by Gasteiger charge is -2.10. The largest absolute Gasteiger partial charge is 0.416 e. The van der Waals surface area contributed by atoms with Gasteiger partial charge in [-0.2, -0.15) is 10.2 Å². The molecule has 0 amide bonds. The first-order valence-corrected chi connectivity index (χ1v) is 16.5. The maximum atomic E-state index is 6.07. The molecule has 6 aromatic carbocycles. The molecule has 6 heteroatoms. The van der Waals surface area contributed by atoms with Gasteiger partial charge in [0.15, 0.2) is 0 Å². The molecule has 0 spiro atoms. The van der Waals surface area contributed by atoms with Gasteiger partial charge in [0, 0.05) is 23.1 Å². The molecular formula is C43H33BN4O. The summed E-state index contributed by atoms with van der Waals surface area (Å²) in [6.45, 7) is 4.26. The van der Waals surface area contributed by atoms with Crippen LogP contribution in [0.15, 0.2) is 154 Å². The van der Waals surface area contributed by atoms with Crippen molar-refractivity contribution in [3.63, 3.8) is 0 Å². The summed E-state index contributed by atoms with van der Waals surface area (Å²) < 4.78 is 6.07. The first kappa shape index (κ1) is 30.2. The van der Waals surface area contributed by atoms with Crippen molar-refractivity contribution < 1.29 is 4.42 Å². The minimum Gasteiger partial charge on any atom is -0.416 e. The van der Waals surface area contributed by atoms with Crippen LogP contribution in [0.5, 0.6) is 0 Å². The van der Waals surface area contributed by atoms with Gasteiger partial charge in [0.2, 0.25) is 11.8 Å². The lowest BCUT2D eigenvalue weighted by Crippen LogP contribution is -2.07. The summed E-state index contributed by atoms with van der Waals surface area (Å²) in [4.78, 5) is 0. The lowest BCUT2D eigenvalue weighted by atomic mass is 9.93. The van der Waals surface area contributed by atoms with Crippen molar-refractivity contribution in [1.29, 1.82) is 0 Å². The van der Waals surface area contributed by atoms with Gasteiger partial charge in [-0.1, -0.05) is 126 Å². The van der Waals surface area contributed by atoms with Crippen LogP contribution < -0.4 is 5.46 Å². The summed E-state index contributed by atoms with van der Waals surface area (Å²) >= 11 is 0. The highest BCUT2D eigenvalue weighted by atomic mass is 16.4. The van der Waals surface area contributed by atoms with Crippen LogP contribution in [0.4, 0.5) is 0 Å². The summed E-state index contributed by atoms with van der Waals surface area (Å²) in [7, 11) is 2.09. The van der Waals surface area contributed by atoms with Gasteiger partial charge in [-0.25, -0.2) is 0 Å². The van der Waals surface area contributed by atoms with E-state index in [9.17, 15) is 0 Å². The zero-order valence-corrected chi connectivity index (χ0v) is 27.7. The summed E-state index contributed by atoms with van der Waals surface area (Å²) in [5.41, 5.74) is 16.7. The normalized spacial score (nSPS) is 12.5. The van der Waals surface area contributed by atoms with E-state index in [-0.39, 0.29) is 0 Å². The Kier molecular flexibility index (Phi) is 7.90. The number of rotatable bonds is 7. The molecule has 2 heterocycles. The summed E-state index contributed by atoms with van der Waals surface area (Å²) in [6.07, 6.45) is 0.710. The highest BCUT2D eigenvalue weighted by molar-refractivity contribution is 6.32. The molecule has 0 aliphatic carbocycles. The van der Waals surface area contributed by atoms with Crippen LogP contribution in [0, 0.1) is 13.8 Å². The molecule has 49 heavy (non-hydrogen) atoms. The lowest BCUT2D eigenvalue weighted by molar-refractivity contribution is 0.584. The Morgan fingerprint density at radius 3 is 1.39 bits per heavy atom. The number of nitrogens with zero attached hydrogens (tertiary/aromatic N) is 4. The first-order valence-electron chi connectivity index (χ1n) is 16.5. The third-order valence-electron chi connectivity index (χ3n) is 9.17. The van der Waals surface area contributed by atoms with E-state index in [0.29, 0.717) is 18.2 Å². The van der Waals surface area contributed by atoms with Crippen molar-refractivity contribution in [3.8, 4) is 56.3 Å². The fraction of sp³-hybridized carbons (Fsp3) is 0.0698. The summed E-state index contributed by atoms with van der Waals surface area (Å²) in [5, 5.41) is 17.8. The number of benzene rings is 6. The number of aryl methyl sites for hydroxylation is 2. The molecule has 0 unspecified atom stereocenters. The molecule has 0 bridgehead atoms. The van der Waals surface area contributed by atoms with Crippen LogP contribution in [-0.2, 0) is 0 Å². The van der Waals surface area contributed by atoms with Gasteiger partial charge in [0.1, 0.15) is 7.85 Å². The zero-order chi connectivity index (χ0) is 33.3. The van der Waals surface area contributed by atoms with Crippen molar-refractivity contribution in [1.82, 2.24) is 10.2 Å². The van der Waals surface area contributed by atoms with Crippen LogP contribution in [-0.4, -0.2) is 29.5 Å². The maximum absolute atomic E-state index is 6.07. The summed E-state index contributed by atoms with van der Waals surface area (Å²) in [6, 6.07) is 48.7. The second kappa shape index (κ2) is 12.8. The molecular weight excluding hydrogens is 599 g/mol. The standard InChI is InChI=1S/C43H33BN4O/c1-27-3-5-33(6-4-27)37-21-24-39(28(2)25-37)41-26-40(45-46-41)34-13-7-29(8-14-34)30-9-15-35(16-10-30)42-47-48-43(49-42)36-17-11-31(12-18-36)32-19-22-38(44)23-20-32/h3-25H,26,44H2,1-2H3. The van der Waals surface area contributed by atoms with Crippen LogP contribution in [0.2, 0.25) is 0 Å². The van der Waals surface area contributed by atoms with Crippen molar-refractivity contribution in [2.24, 2.45) is 10.2 Å². The van der Waals surface area contributed by atoms with E-state index in [1.807, 2.05) is 24.3 Å². The molecule has 0 radical (unpaired) electrons. The SMILES string of the molecule is Bc1ccc(-c2ccc(-c3nnc(-c4ccc(-c5ccc(C6=NN=C(c7ccc(-c8ccc(C)cc8)cc7C)C6)cc5)cc4)o3)cc2)cc1. The Morgan fingerprint density at radius 2 is 0.857 bits per heavy atom. The van der Waals surface area contributed by atoms with Gasteiger partial charge in [-0.15, -0.1) is 10.2 Å². The topological polar surface area (TPSA) is 63.6 Å². The number of hydrogen-bond acceptors (Lipinski definition) is 5. The fourth-order valence-corrected chi connectivity index (χ4v) is 6.24. The Bertz CT molecular complexity index is 2340. The Balaban J connectivity index is 0.913. The Hall–Kier alpha value is -6.14. The number of aromatic nitrogens is 2.